The average Bonchev–Trinajstić information content (AvgIpc) is 2.34. The third kappa shape index (κ3) is 5.89. The van der Waals surface area contributed by atoms with Gasteiger partial charge < -0.3 is 16.0 Å². The summed E-state index contributed by atoms with van der Waals surface area (Å²) in [5, 5.41) is 3.23. The van der Waals surface area contributed by atoms with Crippen molar-refractivity contribution in [2.24, 2.45) is 5.73 Å². The number of carbonyl (C=O) groups excluding carboxylic acids is 1. The average molecular weight is 270 g/mol. The van der Waals surface area contributed by atoms with E-state index in [4.69, 9.17) is 5.73 Å². The maximum Gasteiger partial charge on any atom is 0.234 e. The number of primary amides is 1. The lowest BCUT2D eigenvalue weighted by molar-refractivity contribution is -0.120. The Bertz CT molecular complexity index is 273. The summed E-state index contributed by atoms with van der Waals surface area (Å²) in [6.45, 7) is 13.9. The van der Waals surface area contributed by atoms with Crippen molar-refractivity contribution in [2.45, 2.75) is 52.2 Å². The first-order valence-electron chi connectivity index (χ1n) is 7.42. The van der Waals surface area contributed by atoms with Crippen LogP contribution in [-0.2, 0) is 4.79 Å². The predicted molar refractivity (Wildman–Crippen MR) is 79.0 cm³/mol. The van der Waals surface area contributed by atoms with Crippen molar-refractivity contribution in [1.82, 2.24) is 15.1 Å². The van der Waals surface area contributed by atoms with Gasteiger partial charge in [-0.25, -0.2) is 0 Å². The summed E-state index contributed by atoms with van der Waals surface area (Å²) in [7, 11) is 0. The van der Waals surface area contributed by atoms with Gasteiger partial charge in [-0.2, -0.15) is 0 Å². The molecule has 5 nitrogen and oxygen atoms in total. The predicted octanol–water partition coefficient (Wildman–Crippen LogP) is 0.254. The fourth-order valence-corrected chi connectivity index (χ4v) is 2.53. The van der Waals surface area contributed by atoms with Crippen molar-refractivity contribution in [2.75, 3.05) is 32.7 Å². The minimum atomic E-state index is -0.241. The third-order valence-electron chi connectivity index (χ3n) is 3.75. The van der Waals surface area contributed by atoms with Crippen molar-refractivity contribution < 1.29 is 4.79 Å². The molecule has 0 aromatic rings. The number of nitrogens with two attached hydrogens (primary N) is 1. The van der Waals surface area contributed by atoms with Crippen LogP contribution in [0.2, 0.25) is 0 Å². The summed E-state index contributed by atoms with van der Waals surface area (Å²) in [6, 6.07) is 0.710. The Kier molecular flexibility index (Phi) is 6.75. The van der Waals surface area contributed by atoms with Crippen LogP contribution in [0.5, 0.6) is 0 Å². The fourth-order valence-electron chi connectivity index (χ4n) is 2.53. The topological polar surface area (TPSA) is 61.6 Å². The van der Waals surface area contributed by atoms with Crippen LogP contribution >= 0.6 is 0 Å². The molecule has 1 unspecified atom stereocenters. The summed E-state index contributed by atoms with van der Waals surface area (Å²) in [6.07, 6.45) is 0.801. The van der Waals surface area contributed by atoms with Gasteiger partial charge in [0.1, 0.15) is 0 Å². The van der Waals surface area contributed by atoms with E-state index in [1.54, 1.807) is 0 Å². The molecular formula is C14H30N4O. The monoisotopic (exact) mass is 270 g/mol. The molecule has 0 aliphatic carbocycles. The molecule has 0 saturated carbocycles. The molecule has 19 heavy (non-hydrogen) atoms. The Balaban J connectivity index is 2.30. The molecule has 1 amide bonds. The van der Waals surface area contributed by atoms with Crippen molar-refractivity contribution >= 4 is 5.91 Å². The first-order chi connectivity index (χ1) is 8.90. The van der Waals surface area contributed by atoms with Crippen LogP contribution in [0.3, 0.4) is 0 Å². The number of piperazine rings is 1. The van der Waals surface area contributed by atoms with Crippen molar-refractivity contribution in [3.63, 3.8) is 0 Å². The zero-order valence-corrected chi connectivity index (χ0v) is 12.9. The van der Waals surface area contributed by atoms with Crippen molar-refractivity contribution in [3.05, 3.63) is 0 Å². The van der Waals surface area contributed by atoms with Gasteiger partial charge in [-0.15, -0.1) is 0 Å². The van der Waals surface area contributed by atoms with Gasteiger partial charge in [0.2, 0.25) is 5.91 Å². The fraction of sp³-hybridized carbons (Fsp3) is 0.929. The Hall–Kier alpha value is -0.650. The Morgan fingerprint density at radius 2 is 1.74 bits per heavy atom. The van der Waals surface area contributed by atoms with E-state index in [0.717, 1.165) is 39.1 Å². The molecule has 0 spiro atoms. The molecule has 1 aliphatic rings. The first kappa shape index (κ1) is 16.4. The smallest absolute Gasteiger partial charge is 0.234 e. The van der Waals surface area contributed by atoms with Gasteiger partial charge >= 0.3 is 0 Å². The zero-order valence-electron chi connectivity index (χ0n) is 12.9. The highest BCUT2D eigenvalue weighted by Gasteiger charge is 2.21. The van der Waals surface area contributed by atoms with E-state index in [9.17, 15) is 4.79 Å². The van der Waals surface area contributed by atoms with E-state index in [1.807, 2.05) is 13.8 Å². The number of nitrogens with zero attached hydrogens (tertiary/aromatic N) is 2. The van der Waals surface area contributed by atoms with Crippen LogP contribution in [0, 0.1) is 0 Å². The van der Waals surface area contributed by atoms with Crippen molar-refractivity contribution in [1.29, 1.82) is 0 Å². The summed E-state index contributed by atoms with van der Waals surface area (Å²) >= 11 is 0. The van der Waals surface area contributed by atoms with Crippen LogP contribution in [0.4, 0.5) is 0 Å². The Labute approximate surface area is 117 Å². The normalized spacial score (nSPS) is 20.1. The van der Waals surface area contributed by atoms with E-state index < -0.39 is 0 Å². The lowest BCUT2D eigenvalue weighted by Crippen LogP contribution is -2.51. The van der Waals surface area contributed by atoms with E-state index >= 15 is 0 Å². The molecule has 1 saturated heterocycles. The maximum absolute atomic E-state index is 11.4. The zero-order chi connectivity index (χ0) is 14.4. The molecule has 1 rings (SSSR count). The van der Waals surface area contributed by atoms with E-state index in [0.29, 0.717) is 6.04 Å². The largest absolute Gasteiger partial charge is 0.368 e. The summed E-state index contributed by atoms with van der Waals surface area (Å²) in [5.41, 5.74) is 5.43. The first-order valence-corrected chi connectivity index (χ1v) is 7.42. The van der Waals surface area contributed by atoms with Gasteiger partial charge in [-0.3, -0.25) is 9.69 Å². The Morgan fingerprint density at radius 3 is 2.16 bits per heavy atom. The standard InChI is InChI=1S/C14H30N4O/c1-11(2)16-13(14(15)19)5-6-17-7-9-18(10-8-17)12(3)4/h11-13,16H,5-10H2,1-4H3,(H2,15,19). The van der Waals surface area contributed by atoms with Crippen LogP contribution in [0.15, 0.2) is 0 Å². The lowest BCUT2D eigenvalue weighted by atomic mass is 10.1. The second-order valence-electron chi connectivity index (χ2n) is 6.04. The van der Waals surface area contributed by atoms with Gasteiger partial charge in [-0.1, -0.05) is 13.8 Å². The number of carbonyl (C=O) groups is 1. The minimum Gasteiger partial charge on any atom is -0.368 e. The summed E-state index contributed by atoms with van der Waals surface area (Å²) < 4.78 is 0. The van der Waals surface area contributed by atoms with Gasteiger partial charge in [0.05, 0.1) is 6.04 Å². The van der Waals surface area contributed by atoms with Gasteiger partial charge in [0.25, 0.3) is 0 Å². The molecule has 0 radical (unpaired) electrons. The second kappa shape index (κ2) is 7.82. The SMILES string of the molecule is CC(C)NC(CCN1CCN(C(C)C)CC1)C(N)=O. The molecular weight excluding hydrogens is 240 g/mol. The molecule has 1 aliphatic heterocycles. The molecule has 1 heterocycles. The third-order valence-corrected chi connectivity index (χ3v) is 3.75. The summed E-state index contributed by atoms with van der Waals surface area (Å²) in [5.74, 6) is -0.241. The number of amides is 1. The molecule has 0 aromatic carbocycles. The minimum absolute atomic E-state index is 0.205. The quantitative estimate of drug-likeness (QED) is 0.696. The van der Waals surface area contributed by atoms with Crippen LogP contribution in [0.1, 0.15) is 34.1 Å². The van der Waals surface area contributed by atoms with Gasteiger partial charge in [0.15, 0.2) is 0 Å². The Morgan fingerprint density at radius 1 is 1.16 bits per heavy atom. The van der Waals surface area contributed by atoms with E-state index in [-0.39, 0.29) is 18.0 Å². The van der Waals surface area contributed by atoms with E-state index in [2.05, 4.69) is 29.0 Å². The highest BCUT2D eigenvalue weighted by Crippen LogP contribution is 2.07. The molecule has 0 aromatic heterocycles. The summed E-state index contributed by atoms with van der Waals surface area (Å²) in [4.78, 5) is 16.3. The second-order valence-corrected chi connectivity index (χ2v) is 6.04. The lowest BCUT2D eigenvalue weighted by Gasteiger charge is -2.37. The molecule has 0 bridgehead atoms. The molecule has 1 fully saturated rings. The van der Waals surface area contributed by atoms with Gasteiger partial charge in [0, 0.05) is 44.8 Å². The maximum atomic E-state index is 11.4. The van der Waals surface area contributed by atoms with Crippen molar-refractivity contribution in [3.8, 4) is 0 Å². The van der Waals surface area contributed by atoms with Crippen LogP contribution in [-0.4, -0.2) is 66.6 Å². The number of nitrogens with one attached hydrogen (secondary N) is 1. The van der Waals surface area contributed by atoms with Crippen LogP contribution < -0.4 is 11.1 Å². The number of hydrogen-bond donors (Lipinski definition) is 2. The molecule has 5 heteroatoms. The number of hydrogen-bond acceptors (Lipinski definition) is 4. The molecule has 112 valence electrons. The molecule has 3 N–H and O–H groups in total. The van der Waals surface area contributed by atoms with Gasteiger partial charge in [-0.05, 0) is 20.3 Å². The van der Waals surface area contributed by atoms with Crippen LogP contribution in [0.25, 0.3) is 0 Å². The van der Waals surface area contributed by atoms with E-state index in [1.165, 1.54) is 0 Å². The molecule has 1 atom stereocenters. The number of rotatable bonds is 7. The highest BCUT2D eigenvalue weighted by atomic mass is 16.1. The highest BCUT2D eigenvalue weighted by molar-refractivity contribution is 5.79.